The van der Waals surface area contributed by atoms with Gasteiger partial charge in [0.15, 0.2) is 0 Å². The van der Waals surface area contributed by atoms with Gasteiger partial charge in [-0.05, 0) is 69.9 Å². The van der Waals surface area contributed by atoms with Gasteiger partial charge in [-0.2, -0.15) is 0 Å². The maximum Gasteiger partial charge on any atom is 0.252 e. The van der Waals surface area contributed by atoms with E-state index in [-0.39, 0.29) is 22.7 Å². The highest BCUT2D eigenvalue weighted by atomic mass is 35.5. The van der Waals surface area contributed by atoms with Gasteiger partial charge in [0.25, 0.3) is 5.91 Å². The van der Waals surface area contributed by atoms with E-state index in [2.05, 4.69) is 10.6 Å². The SMILES string of the molecule is Cc1ccc(CNC(=O)C2=C(C(=O)Nc3cc(OC4CCCC4)c(Cl)cc3F)CCCC2)cc1. The van der Waals surface area contributed by atoms with Crippen molar-refractivity contribution in [2.75, 3.05) is 5.32 Å². The predicted octanol–water partition coefficient (Wildman–Crippen LogP) is 6.23. The van der Waals surface area contributed by atoms with Crippen molar-refractivity contribution in [1.82, 2.24) is 5.32 Å². The molecule has 0 aliphatic heterocycles. The van der Waals surface area contributed by atoms with E-state index in [0.717, 1.165) is 55.7 Å². The molecule has 180 valence electrons. The van der Waals surface area contributed by atoms with Gasteiger partial charge in [-0.15, -0.1) is 0 Å². The fourth-order valence-corrected chi connectivity index (χ4v) is 4.70. The van der Waals surface area contributed by atoms with E-state index in [1.165, 1.54) is 6.07 Å². The fraction of sp³-hybridized carbons (Fsp3) is 0.407. The summed E-state index contributed by atoms with van der Waals surface area (Å²) >= 11 is 6.18. The first-order valence-electron chi connectivity index (χ1n) is 11.9. The van der Waals surface area contributed by atoms with Gasteiger partial charge >= 0.3 is 0 Å². The van der Waals surface area contributed by atoms with Gasteiger partial charge < -0.3 is 15.4 Å². The molecular formula is C27H30ClFN2O3. The molecule has 0 heterocycles. The molecule has 0 radical (unpaired) electrons. The van der Waals surface area contributed by atoms with Crippen molar-refractivity contribution in [1.29, 1.82) is 0 Å². The van der Waals surface area contributed by atoms with Crippen molar-refractivity contribution in [3.8, 4) is 5.75 Å². The molecular weight excluding hydrogens is 455 g/mol. The maximum absolute atomic E-state index is 14.6. The zero-order chi connectivity index (χ0) is 24.1. The van der Waals surface area contributed by atoms with E-state index in [0.29, 0.717) is 36.3 Å². The van der Waals surface area contributed by atoms with Crippen LogP contribution in [0.2, 0.25) is 5.02 Å². The second-order valence-corrected chi connectivity index (χ2v) is 9.48. The molecule has 1 saturated carbocycles. The second-order valence-electron chi connectivity index (χ2n) is 9.07. The van der Waals surface area contributed by atoms with Crippen LogP contribution in [0.3, 0.4) is 0 Å². The third-order valence-corrected chi connectivity index (χ3v) is 6.75. The number of anilines is 1. The Kier molecular flexibility index (Phi) is 7.88. The first-order valence-corrected chi connectivity index (χ1v) is 12.3. The average molecular weight is 485 g/mol. The Hall–Kier alpha value is -2.86. The van der Waals surface area contributed by atoms with Crippen LogP contribution in [0.5, 0.6) is 5.75 Å². The maximum atomic E-state index is 14.6. The first kappa shape index (κ1) is 24.3. The zero-order valence-corrected chi connectivity index (χ0v) is 20.1. The van der Waals surface area contributed by atoms with Gasteiger partial charge in [0, 0.05) is 23.8 Å². The van der Waals surface area contributed by atoms with Crippen molar-refractivity contribution in [2.45, 2.75) is 70.9 Å². The van der Waals surface area contributed by atoms with E-state index < -0.39 is 11.7 Å². The number of hydrogen-bond donors (Lipinski definition) is 2. The van der Waals surface area contributed by atoms with Crippen LogP contribution in [-0.2, 0) is 16.1 Å². The number of hydrogen-bond acceptors (Lipinski definition) is 3. The molecule has 34 heavy (non-hydrogen) atoms. The molecule has 0 saturated heterocycles. The number of aryl methyl sites for hydroxylation is 1. The number of amides is 2. The van der Waals surface area contributed by atoms with Crippen molar-refractivity contribution in [3.05, 3.63) is 69.5 Å². The summed E-state index contributed by atoms with van der Waals surface area (Å²) in [4.78, 5) is 26.0. The quantitative estimate of drug-likeness (QED) is 0.489. The number of halogens is 2. The molecule has 0 bridgehead atoms. The molecule has 2 N–H and O–H groups in total. The highest BCUT2D eigenvalue weighted by Crippen LogP contribution is 2.34. The van der Waals surface area contributed by atoms with Crippen LogP contribution >= 0.6 is 11.6 Å². The Bertz CT molecular complexity index is 1090. The minimum atomic E-state index is -0.640. The summed E-state index contributed by atoms with van der Waals surface area (Å²) in [6.07, 6.45) is 6.73. The zero-order valence-electron chi connectivity index (χ0n) is 19.4. The van der Waals surface area contributed by atoms with Gasteiger partial charge in [0.1, 0.15) is 11.6 Å². The third-order valence-electron chi connectivity index (χ3n) is 6.46. The largest absolute Gasteiger partial charge is 0.489 e. The summed E-state index contributed by atoms with van der Waals surface area (Å²) in [5.41, 5.74) is 3.00. The molecule has 2 aromatic rings. The average Bonchev–Trinajstić information content (AvgIpc) is 3.34. The molecule has 2 amide bonds. The van der Waals surface area contributed by atoms with Crippen molar-refractivity contribution in [2.24, 2.45) is 0 Å². The number of ether oxygens (including phenoxy) is 1. The Morgan fingerprint density at radius 1 is 1.00 bits per heavy atom. The normalized spacial score (nSPS) is 16.4. The molecule has 5 nitrogen and oxygen atoms in total. The van der Waals surface area contributed by atoms with E-state index in [4.69, 9.17) is 16.3 Å². The van der Waals surface area contributed by atoms with Crippen molar-refractivity contribution < 1.29 is 18.7 Å². The lowest BCUT2D eigenvalue weighted by Crippen LogP contribution is -2.29. The minimum absolute atomic E-state index is 0.000107. The Balaban J connectivity index is 1.48. The second kappa shape index (κ2) is 11.0. The predicted molar refractivity (Wildman–Crippen MR) is 131 cm³/mol. The number of carbonyl (C=O) groups is 2. The van der Waals surface area contributed by atoms with E-state index >= 15 is 0 Å². The van der Waals surface area contributed by atoms with Crippen LogP contribution in [0.4, 0.5) is 10.1 Å². The van der Waals surface area contributed by atoms with Crippen LogP contribution in [0.25, 0.3) is 0 Å². The molecule has 0 aromatic heterocycles. The summed E-state index contributed by atoms with van der Waals surface area (Å²) < 4.78 is 20.6. The number of nitrogens with one attached hydrogen (secondary N) is 2. The molecule has 4 rings (SSSR count). The van der Waals surface area contributed by atoms with Crippen LogP contribution in [0, 0.1) is 12.7 Å². The first-order chi connectivity index (χ1) is 16.4. The lowest BCUT2D eigenvalue weighted by atomic mass is 9.90. The van der Waals surface area contributed by atoms with Crippen LogP contribution in [-0.4, -0.2) is 17.9 Å². The topological polar surface area (TPSA) is 67.4 Å². The number of carbonyl (C=O) groups excluding carboxylic acids is 2. The monoisotopic (exact) mass is 484 g/mol. The molecule has 2 aliphatic carbocycles. The van der Waals surface area contributed by atoms with Gasteiger partial charge in [-0.1, -0.05) is 41.4 Å². The standard InChI is InChI=1S/C27H30ClFN2O3/c1-17-10-12-18(13-11-17)16-30-26(32)20-8-4-5-9-21(20)27(33)31-24-15-25(22(28)14-23(24)29)34-19-6-2-3-7-19/h10-15,19H,2-9,16H2,1H3,(H,30,32)(H,31,33). The third kappa shape index (κ3) is 5.98. The van der Waals surface area contributed by atoms with Crippen LogP contribution < -0.4 is 15.4 Å². The molecule has 1 fully saturated rings. The Morgan fingerprint density at radius 2 is 1.65 bits per heavy atom. The molecule has 2 aliphatic rings. The lowest BCUT2D eigenvalue weighted by molar-refractivity contribution is -0.119. The molecule has 7 heteroatoms. The van der Waals surface area contributed by atoms with Crippen LogP contribution in [0.15, 0.2) is 47.5 Å². The van der Waals surface area contributed by atoms with E-state index in [9.17, 15) is 14.0 Å². The van der Waals surface area contributed by atoms with Gasteiger partial charge in [-0.3, -0.25) is 9.59 Å². The molecule has 2 aromatic carbocycles. The highest BCUT2D eigenvalue weighted by Gasteiger charge is 2.25. The summed E-state index contributed by atoms with van der Waals surface area (Å²) in [6.45, 7) is 2.39. The van der Waals surface area contributed by atoms with Crippen LogP contribution in [0.1, 0.15) is 62.5 Å². The Labute approximate surface area is 204 Å². The lowest BCUT2D eigenvalue weighted by Gasteiger charge is -2.20. The van der Waals surface area contributed by atoms with Gasteiger partial charge in [-0.25, -0.2) is 4.39 Å². The fourth-order valence-electron chi connectivity index (χ4n) is 4.50. The van der Waals surface area contributed by atoms with E-state index in [1.54, 1.807) is 0 Å². The molecule has 0 atom stereocenters. The number of rotatable bonds is 7. The summed E-state index contributed by atoms with van der Waals surface area (Å²) in [6, 6.07) is 10.5. The summed E-state index contributed by atoms with van der Waals surface area (Å²) in [7, 11) is 0. The summed E-state index contributed by atoms with van der Waals surface area (Å²) in [5, 5.41) is 5.74. The van der Waals surface area contributed by atoms with Crippen molar-refractivity contribution >= 4 is 29.1 Å². The molecule has 0 unspecified atom stereocenters. The summed E-state index contributed by atoms with van der Waals surface area (Å²) in [5.74, 6) is -1.00. The smallest absolute Gasteiger partial charge is 0.252 e. The van der Waals surface area contributed by atoms with Gasteiger partial charge in [0.05, 0.1) is 16.8 Å². The van der Waals surface area contributed by atoms with Crippen molar-refractivity contribution in [3.63, 3.8) is 0 Å². The highest BCUT2D eigenvalue weighted by molar-refractivity contribution is 6.32. The van der Waals surface area contributed by atoms with E-state index in [1.807, 2.05) is 31.2 Å². The van der Waals surface area contributed by atoms with Gasteiger partial charge in [0.2, 0.25) is 5.91 Å². The molecule has 0 spiro atoms. The minimum Gasteiger partial charge on any atom is -0.489 e. The number of benzene rings is 2. The Morgan fingerprint density at radius 3 is 2.32 bits per heavy atom.